The van der Waals surface area contributed by atoms with Crippen molar-refractivity contribution in [2.75, 3.05) is 0 Å². The van der Waals surface area contributed by atoms with E-state index < -0.39 is 0 Å². The van der Waals surface area contributed by atoms with Gasteiger partial charge in [-0.05, 0) is 23.6 Å². The van der Waals surface area contributed by atoms with Gasteiger partial charge in [0.2, 0.25) is 5.78 Å². The lowest BCUT2D eigenvalue weighted by molar-refractivity contribution is 0.752. The number of hydrogen-bond donors (Lipinski definition) is 1. The second-order valence-corrected chi connectivity index (χ2v) is 5.73. The normalized spacial score (nSPS) is 11.5. The van der Waals surface area contributed by atoms with Crippen molar-refractivity contribution < 1.29 is 0 Å². The van der Waals surface area contributed by atoms with Gasteiger partial charge in [-0.3, -0.25) is 4.79 Å². The molecule has 0 unspecified atom stereocenters. The molecule has 3 aromatic heterocycles. The topological polar surface area (TPSA) is 93.8 Å². The third-order valence-electron chi connectivity index (χ3n) is 3.86. The van der Waals surface area contributed by atoms with Gasteiger partial charge >= 0.3 is 0 Å². The molecule has 0 amide bonds. The number of hydrogen-bond acceptors (Lipinski definition) is 5. The highest BCUT2D eigenvalue weighted by molar-refractivity contribution is 5.66. The van der Waals surface area contributed by atoms with Crippen LogP contribution in [0.25, 0.3) is 22.7 Å². The van der Waals surface area contributed by atoms with Crippen molar-refractivity contribution in [3.63, 3.8) is 0 Å². The van der Waals surface area contributed by atoms with Crippen molar-refractivity contribution in [2.24, 2.45) is 0 Å². The summed E-state index contributed by atoms with van der Waals surface area (Å²) in [7, 11) is 0. The molecule has 0 saturated heterocycles. The largest absolute Gasteiger partial charge is 0.323 e. The van der Waals surface area contributed by atoms with Crippen molar-refractivity contribution in [3.8, 4) is 16.9 Å². The number of fused-ring (bicyclic) bond motifs is 1. The molecular weight excluding hydrogens is 306 g/mol. The average Bonchev–Trinajstić information content (AvgIpc) is 3.26. The molecule has 1 aromatic carbocycles. The van der Waals surface area contributed by atoms with Crippen LogP contribution in [0.5, 0.6) is 0 Å². The van der Waals surface area contributed by atoms with Gasteiger partial charge in [-0.15, -0.1) is 0 Å². The molecule has 8 heteroatoms. The first-order chi connectivity index (χ1) is 11.6. The Hall–Kier alpha value is -3.29. The Morgan fingerprint density at radius 3 is 2.42 bits per heavy atom. The first kappa shape index (κ1) is 14.3. The smallest absolute Gasteiger partial charge is 0.279 e. The van der Waals surface area contributed by atoms with E-state index in [9.17, 15) is 4.79 Å². The fraction of sp³-hybridized carbons (Fsp3) is 0.188. The molecule has 0 aliphatic rings. The highest BCUT2D eigenvalue weighted by Crippen LogP contribution is 2.25. The van der Waals surface area contributed by atoms with Gasteiger partial charge in [0.1, 0.15) is 6.33 Å². The molecule has 120 valence electrons. The average molecular weight is 321 g/mol. The fourth-order valence-electron chi connectivity index (χ4n) is 2.75. The van der Waals surface area contributed by atoms with Gasteiger partial charge in [0, 0.05) is 5.56 Å². The molecule has 0 aliphatic carbocycles. The van der Waals surface area contributed by atoms with E-state index in [1.807, 2.05) is 38.1 Å². The number of nitrogens with zero attached hydrogens (tertiary/aromatic N) is 6. The van der Waals surface area contributed by atoms with Crippen LogP contribution in [0.2, 0.25) is 0 Å². The van der Waals surface area contributed by atoms with E-state index in [2.05, 4.69) is 25.3 Å². The van der Waals surface area contributed by atoms with Crippen molar-refractivity contribution >= 4 is 5.78 Å². The maximum Gasteiger partial charge on any atom is 0.279 e. The number of aromatic amines is 1. The third-order valence-corrected chi connectivity index (χ3v) is 3.86. The van der Waals surface area contributed by atoms with Crippen LogP contribution in [0.15, 0.2) is 47.8 Å². The number of rotatable bonds is 3. The van der Waals surface area contributed by atoms with Crippen LogP contribution in [0, 0.1) is 0 Å². The molecule has 24 heavy (non-hydrogen) atoms. The van der Waals surface area contributed by atoms with Crippen LogP contribution in [-0.2, 0) is 0 Å². The van der Waals surface area contributed by atoms with Gasteiger partial charge < -0.3 is 4.98 Å². The Labute approximate surface area is 136 Å². The number of nitrogens with one attached hydrogen (secondary N) is 1. The van der Waals surface area contributed by atoms with Crippen molar-refractivity contribution in [1.29, 1.82) is 0 Å². The van der Waals surface area contributed by atoms with Crippen LogP contribution in [0.3, 0.4) is 0 Å². The van der Waals surface area contributed by atoms with Gasteiger partial charge in [-0.25, -0.2) is 0 Å². The minimum absolute atomic E-state index is 0.0461. The van der Waals surface area contributed by atoms with Crippen LogP contribution in [0.4, 0.5) is 0 Å². The Morgan fingerprint density at radius 2 is 1.75 bits per heavy atom. The van der Waals surface area contributed by atoms with Gasteiger partial charge in [0.25, 0.3) is 5.56 Å². The zero-order valence-electron chi connectivity index (χ0n) is 13.2. The standard InChI is InChI=1S/C16H15N7O/c1-10(2)13-14(21-16-17-9-20-22(16)15(13)24)11-3-5-12(6-4-11)23-18-7-8-19-23/h3-10H,1-2H3,(H,17,20,21). The van der Waals surface area contributed by atoms with Gasteiger partial charge in [-0.2, -0.15) is 29.6 Å². The summed E-state index contributed by atoms with van der Waals surface area (Å²) in [5, 5.41) is 12.2. The van der Waals surface area contributed by atoms with E-state index in [0.717, 1.165) is 16.9 Å². The monoisotopic (exact) mass is 321 g/mol. The summed E-state index contributed by atoms with van der Waals surface area (Å²) < 4.78 is 1.29. The van der Waals surface area contributed by atoms with Gasteiger partial charge in [0.05, 0.1) is 23.8 Å². The van der Waals surface area contributed by atoms with Crippen molar-refractivity contribution in [3.05, 3.63) is 58.9 Å². The minimum Gasteiger partial charge on any atom is -0.323 e. The fourth-order valence-corrected chi connectivity index (χ4v) is 2.75. The Balaban J connectivity index is 1.89. The molecule has 1 N–H and O–H groups in total. The lowest BCUT2D eigenvalue weighted by Crippen LogP contribution is -2.22. The number of benzene rings is 1. The summed E-state index contributed by atoms with van der Waals surface area (Å²) in [4.78, 5) is 21.6. The Kier molecular flexibility index (Phi) is 3.23. The molecule has 0 aliphatic heterocycles. The Bertz CT molecular complexity index is 1040. The van der Waals surface area contributed by atoms with Crippen LogP contribution < -0.4 is 5.56 Å². The van der Waals surface area contributed by atoms with E-state index in [4.69, 9.17) is 0 Å². The molecule has 0 radical (unpaired) electrons. The van der Waals surface area contributed by atoms with Crippen molar-refractivity contribution in [2.45, 2.75) is 19.8 Å². The molecule has 0 bridgehead atoms. The number of aromatic nitrogens is 7. The molecule has 4 aromatic rings. The lowest BCUT2D eigenvalue weighted by atomic mass is 9.98. The molecule has 4 rings (SSSR count). The van der Waals surface area contributed by atoms with E-state index >= 15 is 0 Å². The second-order valence-electron chi connectivity index (χ2n) is 5.73. The molecule has 8 nitrogen and oxygen atoms in total. The highest BCUT2D eigenvalue weighted by atomic mass is 16.1. The molecular formula is C16H15N7O. The molecule has 0 saturated carbocycles. The van der Waals surface area contributed by atoms with Crippen molar-refractivity contribution in [1.82, 2.24) is 34.6 Å². The third kappa shape index (κ3) is 2.19. The summed E-state index contributed by atoms with van der Waals surface area (Å²) in [6.07, 6.45) is 4.62. The summed E-state index contributed by atoms with van der Waals surface area (Å²) in [5.41, 5.74) is 3.04. The van der Waals surface area contributed by atoms with Gasteiger partial charge in [-0.1, -0.05) is 26.0 Å². The Morgan fingerprint density at radius 1 is 1.04 bits per heavy atom. The first-order valence-corrected chi connectivity index (χ1v) is 7.58. The number of H-pyrrole nitrogens is 1. The lowest BCUT2D eigenvalue weighted by Gasteiger charge is -2.12. The van der Waals surface area contributed by atoms with Crippen LogP contribution in [0.1, 0.15) is 25.3 Å². The summed E-state index contributed by atoms with van der Waals surface area (Å²) >= 11 is 0. The predicted molar refractivity (Wildman–Crippen MR) is 88.0 cm³/mol. The summed E-state index contributed by atoms with van der Waals surface area (Å²) in [5.74, 6) is 0.474. The maximum atomic E-state index is 12.7. The van der Waals surface area contributed by atoms with Crippen LogP contribution in [-0.4, -0.2) is 34.6 Å². The predicted octanol–water partition coefficient (Wildman–Crippen LogP) is 1.79. The molecule has 0 spiro atoms. The quantitative estimate of drug-likeness (QED) is 0.621. The van der Waals surface area contributed by atoms with Crippen LogP contribution >= 0.6 is 0 Å². The van der Waals surface area contributed by atoms with E-state index in [-0.39, 0.29) is 11.5 Å². The molecule has 0 atom stereocenters. The first-order valence-electron chi connectivity index (χ1n) is 7.58. The van der Waals surface area contributed by atoms with Gasteiger partial charge in [0.15, 0.2) is 0 Å². The zero-order chi connectivity index (χ0) is 16.7. The van der Waals surface area contributed by atoms with E-state index in [0.29, 0.717) is 11.3 Å². The second kappa shape index (κ2) is 5.41. The SMILES string of the molecule is CC(C)c1c(-c2ccc(-n3nccn3)cc2)[nH]c2ncnn2c1=O. The molecule has 0 fully saturated rings. The van der Waals surface area contributed by atoms with E-state index in [1.165, 1.54) is 15.6 Å². The zero-order valence-corrected chi connectivity index (χ0v) is 13.2. The maximum absolute atomic E-state index is 12.7. The summed E-state index contributed by atoms with van der Waals surface area (Å²) in [6.45, 7) is 3.97. The summed E-state index contributed by atoms with van der Waals surface area (Å²) in [6, 6.07) is 7.68. The van der Waals surface area contributed by atoms with E-state index in [1.54, 1.807) is 12.4 Å². The highest BCUT2D eigenvalue weighted by Gasteiger charge is 2.17. The molecule has 3 heterocycles. The minimum atomic E-state index is -0.149.